The van der Waals surface area contributed by atoms with Crippen LogP contribution < -0.4 is 5.73 Å². The van der Waals surface area contributed by atoms with Gasteiger partial charge < -0.3 is 15.4 Å². The van der Waals surface area contributed by atoms with Crippen LogP contribution in [0, 0.1) is 6.92 Å². The summed E-state index contributed by atoms with van der Waals surface area (Å²) >= 11 is 0. The number of rotatable bonds is 2. The molecule has 1 saturated heterocycles. The molecular formula is C13H16N6O2. The van der Waals surface area contributed by atoms with Crippen molar-refractivity contribution in [3.8, 4) is 11.4 Å². The van der Waals surface area contributed by atoms with Crippen molar-refractivity contribution in [3.63, 3.8) is 0 Å². The molecule has 0 radical (unpaired) electrons. The van der Waals surface area contributed by atoms with E-state index >= 15 is 0 Å². The molecule has 3 rings (SSSR count). The SMILES string of the molecule is COC(=O)N1CC(n2nnc(-c3ccc(C)c(N)c3)n2)C1. The van der Waals surface area contributed by atoms with Crippen LogP contribution in [-0.4, -0.2) is 51.4 Å². The summed E-state index contributed by atoms with van der Waals surface area (Å²) in [5.74, 6) is 0.526. The minimum atomic E-state index is -0.335. The monoisotopic (exact) mass is 288 g/mol. The third-order valence-corrected chi connectivity index (χ3v) is 3.59. The Labute approximate surface area is 121 Å². The van der Waals surface area contributed by atoms with E-state index in [0.717, 1.165) is 11.1 Å². The third-order valence-electron chi connectivity index (χ3n) is 3.59. The lowest BCUT2D eigenvalue weighted by molar-refractivity contribution is 0.0621. The van der Waals surface area contributed by atoms with Gasteiger partial charge in [0.1, 0.15) is 6.04 Å². The fourth-order valence-electron chi connectivity index (χ4n) is 2.15. The molecule has 8 nitrogen and oxygen atoms in total. The summed E-state index contributed by atoms with van der Waals surface area (Å²) < 4.78 is 4.64. The van der Waals surface area contributed by atoms with Crippen molar-refractivity contribution in [2.45, 2.75) is 13.0 Å². The predicted molar refractivity (Wildman–Crippen MR) is 75.4 cm³/mol. The number of hydrogen-bond donors (Lipinski definition) is 1. The summed E-state index contributed by atoms with van der Waals surface area (Å²) in [6.07, 6.45) is -0.335. The van der Waals surface area contributed by atoms with Crippen molar-refractivity contribution in [2.75, 3.05) is 25.9 Å². The molecule has 0 saturated carbocycles. The zero-order chi connectivity index (χ0) is 15.0. The Balaban J connectivity index is 1.73. The van der Waals surface area contributed by atoms with E-state index in [2.05, 4.69) is 20.1 Å². The number of tetrazole rings is 1. The molecule has 1 aliphatic rings. The van der Waals surface area contributed by atoms with Gasteiger partial charge in [-0.3, -0.25) is 0 Å². The first-order valence-electron chi connectivity index (χ1n) is 6.57. The number of hydrogen-bond acceptors (Lipinski definition) is 6. The molecule has 1 fully saturated rings. The van der Waals surface area contributed by atoms with Crippen LogP contribution >= 0.6 is 0 Å². The van der Waals surface area contributed by atoms with Crippen molar-refractivity contribution < 1.29 is 9.53 Å². The molecule has 0 atom stereocenters. The lowest BCUT2D eigenvalue weighted by Gasteiger charge is -2.36. The van der Waals surface area contributed by atoms with Gasteiger partial charge >= 0.3 is 6.09 Å². The summed E-state index contributed by atoms with van der Waals surface area (Å²) in [6, 6.07) is 5.70. The van der Waals surface area contributed by atoms with Gasteiger partial charge in [0.2, 0.25) is 5.82 Å². The number of ether oxygens (including phenoxy) is 1. The van der Waals surface area contributed by atoms with Gasteiger partial charge in [-0.25, -0.2) is 4.79 Å². The van der Waals surface area contributed by atoms with Crippen LogP contribution in [0.25, 0.3) is 11.4 Å². The maximum Gasteiger partial charge on any atom is 0.409 e. The molecule has 2 heterocycles. The Hall–Kier alpha value is -2.64. The fourth-order valence-corrected chi connectivity index (χ4v) is 2.15. The molecule has 2 N–H and O–H groups in total. The van der Waals surface area contributed by atoms with Gasteiger partial charge in [0.25, 0.3) is 0 Å². The van der Waals surface area contributed by atoms with Gasteiger partial charge in [-0.15, -0.1) is 10.2 Å². The van der Waals surface area contributed by atoms with E-state index < -0.39 is 0 Å². The van der Waals surface area contributed by atoms with Crippen LogP contribution in [0.15, 0.2) is 18.2 Å². The summed E-state index contributed by atoms with van der Waals surface area (Å²) in [6.45, 7) is 3.00. The van der Waals surface area contributed by atoms with Crippen LogP contribution in [0.1, 0.15) is 11.6 Å². The Kier molecular flexibility index (Phi) is 3.20. The molecule has 2 aromatic rings. The molecule has 1 aliphatic heterocycles. The quantitative estimate of drug-likeness (QED) is 0.823. The Morgan fingerprint density at radius 3 is 2.86 bits per heavy atom. The molecule has 1 amide bonds. The maximum absolute atomic E-state index is 11.3. The standard InChI is InChI=1S/C13H16N6O2/c1-8-3-4-9(5-11(8)14)12-15-17-19(16-12)10-6-18(7-10)13(20)21-2/h3-5,10H,6-7,14H2,1-2H3. The molecular weight excluding hydrogens is 272 g/mol. The number of amides is 1. The highest BCUT2D eigenvalue weighted by Crippen LogP contribution is 2.23. The lowest BCUT2D eigenvalue weighted by Crippen LogP contribution is -2.51. The van der Waals surface area contributed by atoms with Crippen LogP contribution in [0.3, 0.4) is 0 Å². The Morgan fingerprint density at radius 2 is 2.19 bits per heavy atom. The van der Waals surface area contributed by atoms with E-state index in [1.807, 2.05) is 25.1 Å². The summed E-state index contributed by atoms with van der Waals surface area (Å²) in [5, 5.41) is 12.4. The molecule has 1 aromatic heterocycles. The zero-order valence-corrected chi connectivity index (χ0v) is 11.9. The molecule has 0 bridgehead atoms. The van der Waals surface area contributed by atoms with Crippen LogP contribution in [0.5, 0.6) is 0 Å². The number of anilines is 1. The second kappa shape index (κ2) is 5.04. The average molecular weight is 288 g/mol. The van der Waals surface area contributed by atoms with Gasteiger partial charge in [0.05, 0.1) is 20.2 Å². The van der Waals surface area contributed by atoms with Gasteiger partial charge in [-0.1, -0.05) is 12.1 Å². The van der Waals surface area contributed by atoms with Gasteiger partial charge in [0, 0.05) is 11.3 Å². The van der Waals surface area contributed by atoms with Crippen LogP contribution in [-0.2, 0) is 4.74 Å². The van der Waals surface area contributed by atoms with Gasteiger partial charge in [-0.2, -0.15) is 4.80 Å². The van der Waals surface area contributed by atoms with E-state index in [4.69, 9.17) is 5.73 Å². The first kappa shape index (κ1) is 13.3. The number of nitrogens with zero attached hydrogens (tertiary/aromatic N) is 5. The first-order valence-corrected chi connectivity index (χ1v) is 6.57. The number of aromatic nitrogens is 4. The highest BCUT2D eigenvalue weighted by Gasteiger charge is 2.34. The average Bonchev–Trinajstić information content (AvgIpc) is 2.89. The number of benzene rings is 1. The highest BCUT2D eigenvalue weighted by molar-refractivity contribution is 5.68. The van der Waals surface area contributed by atoms with Crippen molar-refractivity contribution >= 4 is 11.8 Å². The Morgan fingerprint density at radius 1 is 1.43 bits per heavy atom. The van der Waals surface area contributed by atoms with E-state index in [1.54, 1.807) is 4.90 Å². The van der Waals surface area contributed by atoms with Crippen molar-refractivity contribution in [3.05, 3.63) is 23.8 Å². The van der Waals surface area contributed by atoms with Gasteiger partial charge in [-0.05, 0) is 23.8 Å². The van der Waals surface area contributed by atoms with E-state index in [0.29, 0.717) is 24.6 Å². The number of carbonyl (C=O) groups is 1. The summed E-state index contributed by atoms with van der Waals surface area (Å²) in [4.78, 5) is 14.4. The summed E-state index contributed by atoms with van der Waals surface area (Å²) in [5.41, 5.74) is 8.43. The van der Waals surface area contributed by atoms with Gasteiger partial charge in [0.15, 0.2) is 0 Å². The number of methoxy groups -OCH3 is 1. The minimum absolute atomic E-state index is 0.0353. The predicted octanol–water partition coefficient (Wildman–Crippen LogP) is 0.854. The lowest BCUT2D eigenvalue weighted by atomic mass is 10.1. The number of likely N-dealkylation sites (tertiary alicyclic amines) is 1. The van der Waals surface area contributed by atoms with Crippen molar-refractivity contribution in [2.24, 2.45) is 0 Å². The second-order valence-corrected chi connectivity index (χ2v) is 5.03. The highest BCUT2D eigenvalue weighted by atomic mass is 16.5. The van der Waals surface area contributed by atoms with E-state index in [-0.39, 0.29) is 12.1 Å². The molecule has 0 unspecified atom stereocenters. The Bertz CT molecular complexity index is 677. The zero-order valence-electron chi connectivity index (χ0n) is 11.9. The van der Waals surface area contributed by atoms with Crippen LogP contribution in [0.2, 0.25) is 0 Å². The topological polar surface area (TPSA) is 99.2 Å². The first-order chi connectivity index (χ1) is 10.1. The number of nitrogens with two attached hydrogens (primary N) is 1. The summed E-state index contributed by atoms with van der Waals surface area (Å²) in [7, 11) is 1.36. The molecule has 8 heteroatoms. The number of aryl methyl sites for hydroxylation is 1. The third kappa shape index (κ3) is 2.39. The van der Waals surface area contributed by atoms with Crippen LogP contribution in [0.4, 0.5) is 10.5 Å². The molecule has 0 aliphatic carbocycles. The van der Waals surface area contributed by atoms with E-state index in [1.165, 1.54) is 11.9 Å². The number of carbonyl (C=O) groups excluding carboxylic acids is 1. The second-order valence-electron chi connectivity index (χ2n) is 5.03. The number of nitrogen functional groups attached to an aromatic ring is 1. The molecule has 21 heavy (non-hydrogen) atoms. The molecule has 1 aromatic carbocycles. The van der Waals surface area contributed by atoms with E-state index in [9.17, 15) is 4.79 Å². The van der Waals surface area contributed by atoms with Crippen molar-refractivity contribution in [1.82, 2.24) is 25.1 Å². The maximum atomic E-state index is 11.3. The molecule has 0 spiro atoms. The molecule has 110 valence electrons. The van der Waals surface area contributed by atoms with Crippen molar-refractivity contribution in [1.29, 1.82) is 0 Å². The normalized spacial score (nSPS) is 14.9. The smallest absolute Gasteiger partial charge is 0.409 e. The largest absolute Gasteiger partial charge is 0.453 e. The minimum Gasteiger partial charge on any atom is -0.453 e. The fraction of sp³-hybridized carbons (Fsp3) is 0.385.